The fourth-order valence-corrected chi connectivity index (χ4v) is 2.08. The van der Waals surface area contributed by atoms with Gasteiger partial charge in [0.25, 0.3) is 5.91 Å². The largest absolute Gasteiger partial charge is 0.387 e. The van der Waals surface area contributed by atoms with Crippen molar-refractivity contribution in [2.24, 2.45) is 7.05 Å². The van der Waals surface area contributed by atoms with E-state index in [-0.39, 0.29) is 12.5 Å². The smallest absolute Gasteiger partial charge is 0.254 e. The maximum absolute atomic E-state index is 12.0. The van der Waals surface area contributed by atoms with E-state index in [1.807, 2.05) is 38.1 Å². The van der Waals surface area contributed by atoms with Crippen molar-refractivity contribution < 1.29 is 9.90 Å². The molecule has 2 aromatic rings. The van der Waals surface area contributed by atoms with Crippen LogP contribution in [0, 0.1) is 13.8 Å². The molecule has 0 fully saturated rings. The number of aryl methyl sites for hydroxylation is 2. The molecule has 106 valence electrons. The summed E-state index contributed by atoms with van der Waals surface area (Å²) < 4.78 is 1.65. The van der Waals surface area contributed by atoms with Crippen LogP contribution in [0.15, 0.2) is 30.5 Å². The van der Waals surface area contributed by atoms with Crippen LogP contribution in [-0.4, -0.2) is 27.3 Å². The second kappa shape index (κ2) is 5.88. The molecule has 5 nitrogen and oxygen atoms in total. The van der Waals surface area contributed by atoms with Crippen LogP contribution in [0.4, 0.5) is 0 Å². The highest BCUT2D eigenvalue weighted by molar-refractivity contribution is 5.95. The van der Waals surface area contributed by atoms with E-state index in [2.05, 4.69) is 10.4 Å². The third-order valence-electron chi connectivity index (χ3n) is 3.48. The maximum atomic E-state index is 12.0. The summed E-state index contributed by atoms with van der Waals surface area (Å²) in [5, 5.41) is 16.9. The van der Waals surface area contributed by atoms with Gasteiger partial charge < -0.3 is 10.4 Å². The highest BCUT2D eigenvalue weighted by Crippen LogP contribution is 2.16. The molecule has 1 aromatic carbocycles. The molecule has 0 spiro atoms. The molecule has 0 aliphatic carbocycles. The van der Waals surface area contributed by atoms with Gasteiger partial charge in [-0.1, -0.05) is 24.3 Å². The van der Waals surface area contributed by atoms with Crippen molar-refractivity contribution in [2.75, 3.05) is 6.54 Å². The first-order valence-corrected chi connectivity index (χ1v) is 6.51. The Morgan fingerprint density at radius 3 is 2.70 bits per heavy atom. The van der Waals surface area contributed by atoms with Crippen LogP contribution in [0.5, 0.6) is 0 Å². The summed E-state index contributed by atoms with van der Waals surface area (Å²) in [7, 11) is 1.79. The second-order valence-corrected chi connectivity index (χ2v) is 4.85. The van der Waals surface area contributed by atoms with Crippen LogP contribution in [0.3, 0.4) is 0 Å². The Labute approximate surface area is 118 Å². The first-order valence-electron chi connectivity index (χ1n) is 6.51. The van der Waals surface area contributed by atoms with Gasteiger partial charge in [-0.05, 0) is 25.0 Å². The maximum Gasteiger partial charge on any atom is 0.254 e. The number of benzene rings is 1. The van der Waals surface area contributed by atoms with E-state index < -0.39 is 6.10 Å². The van der Waals surface area contributed by atoms with Crippen LogP contribution < -0.4 is 5.32 Å². The number of rotatable bonds is 4. The Balaban J connectivity index is 2.00. The SMILES string of the molecule is Cc1ccccc1C(O)CNC(=O)c1cnn(C)c1C. The van der Waals surface area contributed by atoms with Crippen LogP contribution in [-0.2, 0) is 7.05 Å². The van der Waals surface area contributed by atoms with Crippen molar-refractivity contribution >= 4 is 5.91 Å². The fourth-order valence-electron chi connectivity index (χ4n) is 2.08. The standard InChI is InChI=1S/C15H19N3O2/c1-10-6-4-5-7-12(10)14(19)9-16-15(20)13-8-17-18(3)11(13)2/h4-8,14,19H,9H2,1-3H3,(H,16,20). The summed E-state index contributed by atoms with van der Waals surface area (Å²) in [6.45, 7) is 3.95. The first kappa shape index (κ1) is 14.3. The molecule has 2 rings (SSSR count). The summed E-state index contributed by atoms with van der Waals surface area (Å²) >= 11 is 0. The van der Waals surface area contributed by atoms with Gasteiger partial charge in [0.1, 0.15) is 0 Å². The Hall–Kier alpha value is -2.14. The number of carbonyl (C=O) groups excluding carboxylic acids is 1. The van der Waals surface area contributed by atoms with E-state index in [1.165, 1.54) is 6.20 Å². The molecule has 1 unspecified atom stereocenters. The van der Waals surface area contributed by atoms with E-state index in [4.69, 9.17) is 0 Å². The lowest BCUT2D eigenvalue weighted by atomic mass is 10.0. The molecule has 0 aliphatic rings. The summed E-state index contributed by atoms with van der Waals surface area (Å²) in [5.41, 5.74) is 3.17. The zero-order valence-corrected chi connectivity index (χ0v) is 11.9. The number of amides is 1. The van der Waals surface area contributed by atoms with Gasteiger partial charge >= 0.3 is 0 Å². The fraction of sp³-hybridized carbons (Fsp3) is 0.333. The predicted octanol–water partition coefficient (Wildman–Crippen LogP) is 1.50. The molecule has 1 heterocycles. The van der Waals surface area contributed by atoms with Crippen LogP contribution in [0.25, 0.3) is 0 Å². The molecule has 20 heavy (non-hydrogen) atoms. The molecule has 0 saturated carbocycles. The van der Waals surface area contributed by atoms with Crippen LogP contribution in [0.1, 0.15) is 33.3 Å². The summed E-state index contributed by atoms with van der Waals surface area (Å²) in [4.78, 5) is 12.0. The topological polar surface area (TPSA) is 67.2 Å². The molecule has 0 bridgehead atoms. The van der Waals surface area contributed by atoms with E-state index >= 15 is 0 Å². The molecular formula is C15H19N3O2. The lowest BCUT2D eigenvalue weighted by molar-refractivity contribution is 0.0915. The molecule has 0 radical (unpaired) electrons. The quantitative estimate of drug-likeness (QED) is 0.887. The normalized spacial score (nSPS) is 12.2. The van der Waals surface area contributed by atoms with Crippen molar-refractivity contribution in [3.8, 4) is 0 Å². The summed E-state index contributed by atoms with van der Waals surface area (Å²) in [6, 6.07) is 7.59. The Morgan fingerprint density at radius 2 is 2.10 bits per heavy atom. The van der Waals surface area contributed by atoms with Crippen molar-refractivity contribution in [3.63, 3.8) is 0 Å². The molecule has 5 heteroatoms. The Morgan fingerprint density at radius 1 is 1.40 bits per heavy atom. The number of hydrogen-bond acceptors (Lipinski definition) is 3. The average Bonchev–Trinajstić information content (AvgIpc) is 2.76. The lowest BCUT2D eigenvalue weighted by Gasteiger charge is -2.14. The third kappa shape index (κ3) is 2.88. The van der Waals surface area contributed by atoms with E-state index in [1.54, 1.807) is 11.7 Å². The van der Waals surface area contributed by atoms with Crippen molar-refractivity contribution in [1.29, 1.82) is 0 Å². The molecular weight excluding hydrogens is 254 g/mol. The minimum absolute atomic E-state index is 0.179. The van der Waals surface area contributed by atoms with Gasteiger partial charge in [0.2, 0.25) is 0 Å². The van der Waals surface area contributed by atoms with Gasteiger partial charge in [-0.25, -0.2) is 0 Å². The zero-order chi connectivity index (χ0) is 14.7. The van der Waals surface area contributed by atoms with E-state index in [0.717, 1.165) is 16.8 Å². The Bertz CT molecular complexity index is 619. The predicted molar refractivity (Wildman–Crippen MR) is 76.4 cm³/mol. The van der Waals surface area contributed by atoms with Crippen LogP contribution in [0.2, 0.25) is 0 Å². The molecule has 0 saturated heterocycles. The van der Waals surface area contributed by atoms with Gasteiger partial charge in [0.05, 0.1) is 17.9 Å². The van der Waals surface area contributed by atoms with E-state index in [0.29, 0.717) is 5.56 Å². The van der Waals surface area contributed by atoms with Gasteiger partial charge in [0.15, 0.2) is 0 Å². The zero-order valence-electron chi connectivity index (χ0n) is 11.9. The molecule has 1 aromatic heterocycles. The van der Waals surface area contributed by atoms with E-state index in [9.17, 15) is 9.90 Å². The first-order chi connectivity index (χ1) is 9.50. The number of hydrogen-bond donors (Lipinski definition) is 2. The van der Waals surface area contributed by atoms with Gasteiger partial charge in [0, 0.05) is 19.3 Å². The van der Waals surface area contributed by atoms with Crippen molar-refractivity contribution in [2.45, 2.75) is 20.0 Å². The monoisotopic (exact) mass is 273 g/mol. The number of aliphatic hydroxyl groups excluding tert-OH is 1. The van der Waals surface area contributed by atoms with Gasteiger partial charge in [-0.15, -0.1) is 0 Å². The van der Waals surface area contributed by atoms with Gasteiger partial charge in [-0.3, -0.25) is 9.48 Å². The number of aliphatic hydroxyl groups is 1. The minimum Gasteiger partial charge on any atom is -0.387 e. The average molecular weight is 273 g/mol. The van der Waals surface area contributed by atoms with Gasteiger partial charge in [-0.2, -0.15) is 5.10 Å². The number of aromatic nitrogens is 2. The number of carbonyl (C=O) groups is 1. The number of nitrogens with zero attached hydrogens (tertiary/aromatic N) is 2. The summed E-state index contributed by atoms with van der Waals surface area (Å²) in [5.74, 6) is -0.219. The molecule has 1 atom stereocenters. The summed E-state index contributed by atoms with van der Waals surface area (Å²) in [6.07, 6.45) is 0.822. The van der Waals surface area contributed by atoms with Crippen molar-refractivity contribution in [1.82, 2.24) is 15.1 Å². The highest BCUT2D eigenvalue weighted by Gasteiger charge is 2.15. The molecule has 1 amide bonds. The molecule has 2 N–H and O–H groups in total. The number of nitrogens with one attached hydrogen (secondary N) is 1. The molecule has 0 aliphatic heterocycles. The minimum atomic E-state index is -0.711. The lowest BCUT2D eigenvalue weighted by Crippen LogP contribution is -2.29. The highest BCUT2D eigenvalue weighted by atomic mass is 16.3. The second-order valence-electron chi connectivity index (χ2n) is 4.85. The van der Waals surface area contributed by atoms with Crippen LogP contribution >= 0.6 is 0 Å². The third-order valence-corrected chi connectivity index (χ3v) is 3.48. The van der Waals surface area contributed by atoms with Crippen molar-refractivity contribution in [3.05, 3.63) is 52.8 Å². The Kier molecular flexibility index (Phi) is 4.20.